The third kappa shape index (κ3) is 2.32. The summed E-state index contributed by atoms with van der Waals surface area (Å²) in [6.45, 7) is 6.02. The minimum Gasteiger partial charge on any atom is -0.336 e. The molecule has 86 valence electrons. The number of hydrogen-bond donors (Lipinski definition) is 1. The van der Waals surface area contributed by atoms with Crippen LogP contribution in [0.5, 0.6) is 0 Å². The Kier molecular flexibility index (Phi) is 3.26. The van der Waals surface area contributed by atoms with Gasteiger partial charge in [-0.1, -0.05) is 0 Å². The summed E-state index contributed by atoms with van der Waals surface area (Å²) in [5.74, 6) is 0.313. The number of rotatable bonds is 1. The molecule has 2 aliphatic rings. The van der Waals surface area contributed by atoms with Crippen molar-refractivity contribution in [3.63, 3.8) is 0 Å². The fourth-order valence-corrected chi connectivity index (χ4v) is 2.56. The second kappa shape index (κ2) is 4.49. The Morgan fingerprint density at radius 2 is 2.20 bits per heavy atom. The summed E-state index contributed by atoms with van der Waals surface area (Å²) in [4.78, 5) is 16.5. The zero-order chi connectivity index (χ0) is 10.8. The highest BCUT2D eigenvalue weighted by atomic mass is 16.2. The van der Waals surface area contributed by atoms with E-state index in [2.05, 4.69) is 24.2 Å². The summed E-state index contributed by atoms with van der Waals surface area (Å²) >= 11 is 0. The van der Waals surface area contributed by atoms with Crippen molar-refractivity contribution in [3.05, 3.63) is 0 Å². The molecule has 0 aromatic rings. The fourth-order valence-electron chi connectivity index (χ4n) is 2.56. The molecule has 0 radical (unpaired) electrons. The molecule has 2 heterocycles. The number of piperazine rings is 1. The van der Waals surface area contributed by atoms with Gasteiger partial charge in [-0.05, 0) is 33.4 Å². The summed E-state index contributed by atoms with van der Waals surface area (Å²) in [7, 11) is 2.12. The summed E-state index contributed by atoms with van der Waals surface area (Å²) < 4.78 is 0. The summed E-state index contributed by atoms with van der Waals surface area (Å²) in [6, 6.07) is 0.453. The summed E-state index contributed by atoms with van der Waals surface area (Å²) in [5.41, 5.74) is 0. The van der Waals surface area contributed by atoms with Gasteiger partial charge in [-0.2, -0.15) is 0 Å². The van der Waals surface area contributed by atoms with Gasteiger partial charge >= 0.3 is 0 Å². The molecule has 2 atom stereocenters. The summed E-state index contributed by atoms with van der Waals surface area (Å²) in [5, 5.41) is 3.28. The number of nitrogens with zero attached hydrogens (tertiary/aromatic N) is 2. The SMILES string of the molecule is CC1CN(C)CCN1C(=O)[C@H]1CCCN1. The number of carbonyl (C=O) groups is 1. The molecule has 2 saturated heterocycles. The van der Waals surface area contributed by atoms with E-state index in [0.717, 1.165) is 39.0 Å². The molecule has 4 nitrogen and oxygen atoms in total. The average molecular weight is 211 g/mol. The molecule has 0 spiro atoms. The highest BCUT2D eigenvalue weighted by Gasteiger charge is 2.31. The molecule has 0 aromatic carbocycles. The van der Waals surface area contributed by atoms with E-state index in [9.17, 15) is 4.79 Å². The predicted molar refractivity (Wildman–Crippen MR) is 59.7 cm³/mol. The Hall–Kier alpha value is -0.610. The third-order valence-corrected chi connectivity index (χ3v) is 3.47. The lowest BCUT2D eigenvalue weighted by Crippen LogP contribution is -2.56. The van der Waals surface area contributed by atoms with Crippen LogP contribution in [-0.2, 0) is 4.79 Å². The Balaban J connectivity index is 1.94. The molecule has 2 fully saturated rings. The number of likely N-dealkylation sites (N-methyl/N-ethyl adjacent to an activating group) is 1. The quantitative estimate of drug-likeness (QED) is 0.658. The average Bonchev–Trinajstić information content (AvgIpc) is 2.69. The minimum absolute atomic E-state index is 0.0934. The van der Waals surface area contributed by atoms with Crippen molar-refractivity contribution in [2.24, 2.45) is 0 Å². The van der Waals surface area contributed by atoms with Crippen LogP contribution in [0.4, 0.5) is 0 Å². The predicted octanol–water partition coefficient (Wildman–Crippen LogP) is -0.0991. The molecule has 2 rings (SSSR count). The molecule has 0 bridgehead atoms. The fraction of sp³-hybridized carbons (Fsp3) is 0.909. The molecule has 0 saturated carbocycles. The van der Waals surface area contributed by atoms with E-state index in [1.807, 2.05) is 4.90 Å². The van der Waals surface area contributed by atoms with Crippen molar-refractivity contribution >= 4 is 5.91 Å². The first-order valence-electron chi connectivity index (χ1n) is 5.91. The van der Waals surface area contributed by atoms with Crippen LogP contribution in [0.15, 0.2) is 0 Å². The monoisotopic (exact) mass is 211 g/mol. The van der Waals surface area contributed by atoms with Crippen LogP contribution in [0.2, 0.25) is 0 Å². The van der Waals surface area contributed by atoms with Gasteiger partial charge in [0, 0.05) is 25.7 Å². The second-order valence-corrected chi connectivity index (χ2v) is 4.79. The maximum atomic E-state index is 12.2. The van der Waals surface area contributed by atoms with Gasteiger partial charge in [0.2, 0.25) is 5.91 Å². The van der Waals surface area contributed by atoms with Gasteiger partial charge in [-0.15, -0.1) is 0 Å². The van der Waals surface area contributed by atoms with Crippen LogP contribution in [0, 0.1) is 0 Å². The highest BCUT2D eigenvalue weighted by molar-refractivity contribution is 5.82. The van der Waals surface area contributed by atoms with Gasteiger partial charge in [-0.25, -0.2) is 0 Å². The van der Waals surface area contributed by atoms with Gasteiger partial charge in [0.15, 0.2) is 0 Å². The van der Waals surface area contributed by atoms with Crippen molar-refractivity contribution in [2.45, 2.75) is 31.8 Å². The second-order valence-electron chi connectivity index (χ2n) is 4.79. The first-order chi connectivity index (χ1) is 7.18. The van der Waals surface area contributed by atoms with Crippen molar-refractivity contribution in [2.75, 3.05) is 33.2 Å². The molecular weight excluding hydrogens is 190 g/mol. The smallest absolute Gasteiger partial charge is 0.240 e. The van der Waals surface area contributed by atoms with Gasteiger partial charge in [0.1, 0.15) is 0 Å². The third-order valence-electron chi connectivity index (χ3n) is 3.47. The van der Waals surface area contributed by atoms with Crippen LogP contribution in [0.25, 0.3) is 0 Å². The van der Waals surface area contributed by atoms with E-state index < -0.39 is 0 Å². The lowest BCUT2D eigenvalue weighted by Gasteiger charge is -2.39. The van der Waals surface area contributed by atoms with Crippen LogP contribution in [0.1, 0.15) is 19.8 Å². The maximum Gasteiger partial charge on any atom is 0.240 e. The van der Waals surface area contributed by atoms with E-state index >= 15 is 0 Å². The lowest BCUT2D eigenvalue weighted by atomic mass is 10.1. The number of amides is 1. The molecule has 2 aliphatic heterocycles. The first-order valence-corrected chi connectivity index (χ1v) is 5.91. The molecule has 1 N–H and O–H groups in total. The Morgan fingerprint density at radius 3 is 2.80 bits per heavy atom. The zero-order valence-electron chi connectivity index (χ0n) is 9.70. The standard InChI is InChI=1S/C11H21N3O/c1-9-8-13(2)6-7-14(9)11(15)10-4-3-5-12-10/h9-10,12H,3-8H2,1-2H3/t9?,10-/m1/s1. The Labute approximate surface area is 91.6 Å². The zero-order valence-corrected chi connectivity index (χ0v) is 9.70. The Bertz CT molecular complexity index is 238. The van der Waals surface area contributed by atoms with Crippen molar-refractivity contribution in [3.8, 4) is 0 Å². The van der Waals surface area contributed by atoms with Crippen molar-refractivity contribution < 1.29 is 4.79 Å². The van der Waals surface area contributed by atoms with Crippen molar-refractivity contribution in [1.82, 2.24) is 15.1 Å². The molecule has 15 heavy (non-hydrogen) atoms. The molecule has 1 amide bonds. The minimum atomic E-state index is 0.0934. The van der Waals surface area contributed by atoms with Crippen LogP contribution in [-0.4, -0.2) is 61.0 Å². The van der Waals surface area contributed by atoms with Crippen LogP contribution in [0.3, 0.4) is 0 Å². The van der Waals surface area contributed by atoms with Crippen LogP contribution < -0.4 is 5.32 Å². The molecular formula is C11H21N3O. The van der Waals surface area contributed by atoms with Gasteiger partial charge < -0.3 is 15.1 Å². The van der Waals surface area contributed by atoms with Gasteiger partial charge in [0.25, 0.3) is 0 Å². The highest BCUT2D eigenvalue weighted by Crippen LogP contribution is 2.14. The summed E-state index contributed by atoms with van der Waals surface area (Å²) in [6.07, 6.45) is 2.15. The molecule has 4 heteroatoms. The van der Waals surface area contributed by atoms with Crippen molar-refractivity contribution in [1.29, 1.82) is 0 Å². The molecule has 0 aliphatic carbocycles. The van der Waals surface area contributed by atoms with E-state index in [0.29, 0.717) is 11.9 Å². The Morgan fingerprint density at radius 1 is 1.40 bits per heavy atom. The topological polar surface area (TPSA) is 35.6 Å². The van der Waals surface area contributed by atoms with E-state index in [1.165, 1.54) is 0 Å². The van der Waals surface area contributed by atoms with Crippen LogP contribution >= 0.6 is 0 Å². The van der Waals surface area contributed by atoms with E-state index in [-0.39, 0.29) is 6.04 Å². The largest absolute Gasteiger partial charge is 0.336 e. The molecule has 0 aromatic heterocycles. The normalized spacial score (nSPS) is 33.3. The first kappa shape index (κ1) is 10.9. The number of hydrogen-bond acceptors (Lipinski definition) is 3. The van der Waals surface area contributed by atoms with Gasteiger partial charge in [-0.3, -0.25) is 4.79 Å². The number of carbonyl (C=O) groups excluding carboxylic acids is 1. The van der Waals surface area contributed by atoms with Gasteiger partial charge in [0.05, 0.1) is 6.04 Å². The van der Waals surface area contributed by atoms with E-state index in [1.54, 1.807) is 0 Å². The lowest BCUT2D eigenvalue weighted by molar-refractivity contribution is -0.137. The molecule has 1 unspecified atom stereocenters. The van der Waals surface area contributed by atoms with E-state index in [4.69, 9.17) is 0 Å². The number of nitrogens with one attached hydrogen (secondary N) is 1. The maximum absolute atomic E-state index is 12.2.